The van der Waals surface area contributed by atoms with Gasteiger partial charge < -0.3 is 30.3 Å². The number of alkyl halides is 3. The first-order chi connectivity index (χ1) is 18.0. The van der Waals surface area contributed by atoms with Crippen molar-refractivity contribution in [2.24, 2.45) is 0 Å². The number of nitrogens with zero attached hydrogens (tertiary/aromatic N) is 1. The van der Waals surface area contributed by atoms with E-state index in [1.807, 2.05) is 42.5 Å². The third kappa shape index (κ3) is 8.40. The second-order valence-corrected chi connectivity index (χ2v) is 8.37. The topological polar surface area (TPSA) is 146 Å². The molecule has 5 N–H and O–H groups in total. The van der Waals surface area contributed by atoms with Crippen LogP contribution in [0.3, 0.4) is 0 Å². The largest absolute Gasteiger partial charge is 0.497 e. The second kappa shape index (κ2) is 12.8. The smallest absolute Gasteiger partial charge is 0.490 e. The van der Waals surface area contributed by atoms with Crippen molar-refractivity contribution in [1.82, 2.24) is 15.5 Å². The lowest BCUT2D eigenvalue weighted by molar-refractivity contribution is -0.192. The highest BCUT2D eigenvalue weighted by atomic mass is 19.4. The van der Waals surface area contributed by atoms with Gasteiger partial charge in [-0.3, -0.25) is 5.10 Å². The number of aliphatic hydroxyl groups is 1. The average molecular weight is 537 g/mol. The zero-order chi connectivity index (χ0) is 27.7. The SMILES string of the molecule is COc1cccc(CNC(=O)Nc2ccc(-c3cn[nH]c3)cc2OC2CCC(O)C2)c1.O=C(O)C(F)(F)F. The van der Waals surface area contributed by atoms with E-state index in [1.165, 1.54) is 0 Å². The number of ether oxygens (including phenoxy) is 2. The number of urea groups is 1. The van der Waals surface area contributed by atoms with E-state index in [0.717, 1.165) is 35.3 Å². The van der Waals surface area contributed by atoms with Gasteiger partial charge in [0, 0.05) is 24.7 Å². The van der Waals surface area contributed by atoms with Crippen LogP contribution >= 0.6 is 0 Å². The number of amides is 2. The van der Waals surface area contributed by atoms with Crippen molar-refractivity contribution in [1.29, 1.82) is 0 Å². The maximum absolute atomic E-state index is 12.5. The molecule has 4 rings (SSSR count). The van der Waals surface area contributed by atoms with Gasteiger partial charge in [0.05, 0.1) is 25.1 Å². The first-order valence-corrected chi connectivity index (χ1v) is 11.5. The van der Waals surface area contributed by atoms with Crippen molar-refractivity contribution in [3.8, 4) is 22.6 Å². The molecule has 0 spiro atoms. The van der Waals surface area contributed by atoms with E-state index in [9.17, 15) is 23.1 Å². The van der Waals surface area contributed by atoms with Crippen LogP contribution in [-0.4, -0.2) is 57.9 Å². The molecule has 0 bridgehead atoms. The Labute approximate surface area is 215 Å². The van der Waals surface area contributed by atoms with Crippen LogP contribution in [-0.2, 0) is 11.3 Å². The number of carboxylic acid groups (broad SMARTS) is 1. The van der Waals surface area contributed by atoms with Gasteiger partial charge in [-0.2, -0.15) is 18.3 Å². The number of H-pyrrole nitrogens is 1. The Morgan fingerprint density at radius 3 is 2.53 bits per heavy atom. The van der Waals surface area contributed by atoms with E-state index in [-0.39, 0.29) is 18.2 Å². The van der Waals surface area contributed by atoms with Crippen LogP contribution in [0.25, 0.3) is 11.1 Å². The summed E-state index contributed by atoms with van der Waals surface area (Å²) < 4.78 is 43.1. The van der Waals surface area contributed by atoms with Gasteiger partial charge in [-0.05, 0) is 48.2 Å². The minimum Gasteiger partial charge on any atom is -0.497 e. The Morgan fingerprint density at radius 2 is 1.92 bits per heavy atom. The minimum absolute atomic E-state index is 0.0880. The molecule has 2 aromatic carbocycles. The van der Waals surface area contributed by atoms with E-state index in [2.05, 4.69) is 20.8 Å². The summed E-state index contributed by atoms with van der Waals surface area (Å²) in [4.78, 5) is 21.4. The van der Waals surface area contributed by atoms with E-state index in [4.69, 9.17) is 19.4 Å². The molecule has 0 saturated heterocycles. The number of hydrogen-bond donors (Lipinski definition) is 5. The summed E-state index contributed by atoms with van der Waals surface area (Å²) in [5.74, 6) is -1.45. The predicted molar refractivity (Wildman–Crippen MR) is 131 cm³/mol. The average Bonchev–Trinajstić information content (AvgIpc) is 3.56. The van der Waals surface area contributed by atoms with Gasteiger partial charge in [0.2, 0.25) is 0 Å². The third-order valence-corrected chi connectivity index (χ3v) is 5.54. The molecule has 1 aliphatic rings. The number of aliphatic hydroxyl groups excluding tert-OH is 1. The van der Waals surface area contributed by atoms with Gasteiger partial charge in [0.25, 0.3) is 0 Å². The van der Waals surface area contributed by atoms with Gasteiger partial charge in [-0.25, -0.2) is 9.59 Å². The van der Waals surface area contributed by atoms with Gasteiger partial charge >= 0.3 is 18.2 Å². The zero-order valence-corrected chi connectivity index (χ0v) is 20.3. The Kier molecular flexibility index (Phi) is 9.55. The van der Waals surface area contributed by atoms with Crippen LogP contribution in [0.1, 0.15) is 24.8 Å². The number of rotatable bonds is 7. The fourth-order valence-corrected chi connectivity index (χ4v) is 3.65. The molecular weight excluding hydrogens is 509 g/mol. The maximum atomic E-state index is 12.5. The molecular formula is C25H27F3N4O6. The predicted octanol–water partition coefficient (Wildman–Crippen LogP) is 4.33. The number of carbonyl (C=O) groups is 2. The molecule has 0 aliphatic heterocycles. The van der Waals surface area contributed by atoms with Crippen LogP contribution in [0.2, 0.25) is 0 Å². The lowest BCUT2D eigenvalue weighted by atomic mass is 10.1. The van der Waals surface area contributed by atoms with Gasteiger partial charge in [0.1, 0.15) is 17.6 Å². The molecule has 1 heterocycles. The van der Waals surface area contributed by atoms with Crippen LogP contribution in [0.15, 0.2) is 54.9 Å². The van der Waals surface area contributed by atoms with E-state index in [1.54, 1.807) is 19.5 Å². The van der Waals surface area contributed by atoms with Gasteiger partial charge in [0.15, 0.2) is 0 Å². The summed E-state index contributed by atoms with van der Waals surface area (Å²) in [6, 6.07) is 12.8. The number of halogens is 3. The normalized spacial score (nSPS) is 16.7. The Balaban J connectivity index is 0.000000505. The molecule has 2 atom stereocenters. The van der Waals surface area contributed by atoms with Crippen molar-refractivity contribution in [3.05, 3.63) is 60.4 Å². The number of benzene rings is 2. The summed E-state index contributed by atoms with van der Waals surface area (Å²) in [5.41, 5.74) is 3.34. The second-order valence-electron chi connectivity index (χ2n) is 8.37. The number of aliphatic carboxylic acids is 1. The number of aromatic nitrogens is 2. The molecule has 1 fully saturated rings. The summed E-state index contributed by atoms with van der Waals surface area (Å²) >= 11 is 0. The summed E-state index contributed by atoms with van der Waals surface area (Å²) in [6.45, 7) is 0.362. The quantitative estimate of drug-likeness (QED) is 0.302. The number of aromatic amines is 1. The Hall–Kier alpha value is -4.26. The number of carboxylic acids is 1. The molecule has 1 aromatic heterocycles. The van der Waals surface area contributed by atoms with Crippen LogP contribution in [0.4, 0.5) is 23.7 Å². The number of carbonyl (C=O) groups excluding carboxylic acids is 1. The first-order valence-electron chi connectivity index (χ1n) is 11.5. The molecule has 1 aliphatic carbocycles. The Morgan fingerprint density at radius 1 is 1.16 bits per heavy atom. The van der Waals surface area contributed by atoms with Crippen molar-refractivity contribution >= 4 is 17.7 Å². The number of hydrogen-bond acceptors (Lipinski definition) is 6. The molecule has 2 amide bonds. The molecule has 1 saturated carbocycles. The fourth-order valence-electron chi connectivity index (χ4n) is 3.65. The highest BCUT2D eigenvalue weighted by Crippen LogP contribution is 2.34. The highest BCUT2D eigenvalue weighted by Gasteiger charge is 2.38. The standard InChI is InChI=1S/C23H26N4O4.C2HF3O2/c1-30-19-4-2-3-15(9-19)12-24-23(29)27-21-8-5-16(17-13-25-26-14-17)10-22(21)31-20-7-6-18(28)11-20;3-2(4,5)1(6)7/h2-5,8-10,13-14,18,20,28H,6-7,11-12H2,1H3,(H,25,26)(H2,24,27,29);(H,6,7). The monoisotopic (exact) mass is 536 g/mol. The number of anilines is 1. The van der Waals surface area contributed by atoms with E-state index in [0.29, 0.717) is 24.4 Å². The summed E-state index contributed by atoms with van der Waals surface area (Å²) in [6.07, 6.45) is 0.0876. The number of methoxy groups -OCH3 is 1. The van der Waals surface area contributed by atoms with Crippen molar-refractivity contribution in [3.63, 3.8) is 0 Å². The lowest BCUT2D eigenvalue weighted by Crippen LogP contribution is -2.28. The molecule has 3 aromatic rings. The third-order valence-electron chi connectivity index (χ3n) is 5.54. The van der Waals surface area contributed by atoms with Gasteiger partial charge in [-0.15, -0.1) is 0 Å². The van der Waals surface area contributed by atoms with Crippen molar-refractivity contribution in [2.75, 3.05) is 12.4 Å². The fraction of sp³-hybridized carbons (Fsp3) is 0.320. The van der Waals surface area contributed by atoms with Crippen molar-refractivity contribution < 1.29 is 42.4 Å². The van der Waals surface area contributed by atoms with Gasteiger partial charge in [-0.1, -0.05) is 18.2 Å². The van der Waals surface area contributed by atoms with E-state index < -0.39 is 12.1 Å². The molecule has 0 radical (unpaired) electrons. The highest BCUT2D eigenvalue weighted by molar-refractivity contribution is 5.91. The summed E-state index contributed by atoms with van der Waals surface area (Å²) in [7, 11) is 1.61. The Bertz CT molecular complexity index is 1220. The van der Waals surface area contributed by atoms with Crippen molar-refractivity contribution in [2.45, 2.75) is 44.2 Å². The number of nitrogens with one attached hydrogen (secondary N) is 3. The van der Waals surface area contributed by atoms with Crippen LogP contribution < -0.4 is 20.1 Å². The van der Waals surface area contributed by atoms with E-state index >= 15 is 0 Å². The molecule has 2 unspecified atom stereocenters. The maximum Gasteiger partial charge on any atom is 0.490 e. The molecule has 38 heavy (non-hydrogen) atoms. The lowest BCUT2D eigenvalue weighted by Gasteiger charge is -2.18. The van der Waals surface area contributed by atoms with Crippen LogP contribution in [0.5, 0.6) is 11.5 Å². The zero-order valence-electron chi connectivity index (χ0n) is 20.3. The molecule has 10 nitrogen and oxygen atoms in total. The molecule has 204 valence electrons. The molecule has 13 heteroatoms. The minimum atomic E-state index is -5.08. The van der Waals surface area contributed by atoms with Crippen LogP contribution in [0, 0.1) is 0 Å². The summed E-state index contributed by atoms with van der Waals surface area (Å²) in [5, 5.41) is 29.5. The first kappa shape index (κ1) is 28.3.